The molecule has 0 unspecified atom stereocenters. The molecule has 0 spiro atoms. The Morgan fingerprint density at radius 1 is 1.07 bits per heavy atom. The van der Waals surface area contributed by atoms with E-state index in [9.17, 15) is 4.79 Å². The maximum absolute atomic E-state index is 12.1. The summed E-state index contributed by atoms with van der Waals surface area (Å²) in [5.41, 5.74) is 0. The molecule has 1 atom stereocenters. The minimum absolute atomic E-state index is 0.297. The second kappa shape index (κ2) is 3.67. The van der Waals surface area contributed by atoms with E-state index in [-0.39, 0.29) is 0 Å². The van der Waals surface area contributed by atoms with Crippen LogP contribution in [0.15, 0.2) is 0 Å². The van der Waals surface area contributed by atoms with Crippen molar-refractivity contribution in [1.29, 1.82) is 0 Å². The lowest BCUT2D eigenvalue weighted by atomic mass is 10.1. The highest BCUT2D eigenvalue weighted by atomic mass is 16.2. The number of hydrogen-bond donors (Lipinski definition) is 1. The number of hydrogen-bond acceptors (Lipinski definition) is 2. The Bertz CT molecular complexity index is 259. The highest BCUT2D eigenvalue weighted by Crippen LogP contribution is 2.31. The molecule has 4 heteroatoms. The lowest BCUT2D eigenvalue weighted by molar-refractivity contribution is 0.166. The van der Waals surface area contributed by atoms with Crippen LogP contribution in [0.3, 0.4) is 0 Å². The van der Waals surface area contributed by atoms with Crippen molar-refractivity contribution < 1.29 is 4.79 Å². The van der Waals surface area contributed by atoms with Gasteiger partial charge in [0.05, 0.1) is 0 Å². The normalized spacial score (nSPS) is 32.5. The molecule has 2 aliphatic heterocycles. The van der Waals surface area contributed by atoms with E-state index in [1.54, 1.807) is 0 Å². The minimum atomic E-state index is 0.297. The second-order valence-corrected chi connectivity index (χ2v) is 4.90. The third-order valence-electron chi connectivity index (χ3n) is 3.77. The number of piperidine rings is 1. The summed E-state index contributed by atoms with van der Waals surface area (Å²) in [5.74, 6) is 0. The zero-order valence-electron chi connectivity index (χ0n) is 9.11. The van der Waals surface area contributed by atoms with Crippen LogP contribution in [-0.4, -0.2) is 54.1 Å². The van der Waals surface area contributed by atoms with E-state index in [4.69, 9.17) is 0 Å². The van der Waals surface area contributed by atoms with E-state index >= 15 is 0 Å². The zero-order valence-corrected chi connectivity index (χ0v) is 9.11. The van der Waals surface area contributed by atoms with Gasteiger partial charge in [0.25, 0.3) is 0 Å². The standard InChI is InChI=1S/C11H19N3O/c15-11-13(9-3-4-9)6-7-14(11)10-2-1-5-12-8-10/h9-10,12H,1-8H2/t10-/m1/s1. The van der Waals surface area contributed by atoms with Crippen molar-refractivity contribution in [1.82, 2.24) is 15.1 Å². The molecule has 0 aromatic rings. The van der Waals surface area contributed by atoms with E-state index in [1.807, 2.05) is 0 Å². The van der Waals surface area contributed by atoms with Crippen molar-refractivity contribution >= 4 is 6.03 Å². The molecule has 2 saturated heterocycles. The van der Waals surface area contributed by atoms with Gasteiger partial charge in [0.1, 0.15) is 0 Å². The first-order chi connectivity index (χ1) is 7.36. The monoisotopic (exact) mass is 209 g/mol. The molecule has 3 aliphatic rings. The van der Waals surface area contributed by atoms with Crippen LogP contribution >= 0.6 is 0 Å². The fourth-order valence-electron chi connectivity index (χ4n) is 2.73. The Labute approximate surface area is 90.6 Å². The molecule has 4 nitrogen and oxygen atoms in total. The number of carbonyl (C=O) groups excluding carboxylic acids is 1. The Morgan fingerprint density at radius 2 is 1.80 bits per heavy atom. The molecule has 2 heterocycles. The smallest absolute Gasteiger partial charge is 0.320 e. The SMILES string of the molecule is O=C1N(C2CC2)CCN1[C@@H]1CCCNC1. The summed E-state index contributed by atoms with van der Waals surface area (Å²) in [6.07, 6.45) is 4.83. The molecule has 2 amide bonds. The van der Waals surface area contributed by atoms with E-state index in [0.717, 1.165) is 26.2 Å². The summed E-state index contributed by atoms with van der Waals surface area (Å²) in [6, 6.07) is 1.33. The van der Waals surface area contributed by atoms with E-state index < -0.39 is 0 Å². The maximum atomic E-state index is 12.1. The average Bonchev–Trinajstić information content (AvgIpc) is 3.04. The molecular weight excluding hydrogens is 190 g/mol. The van der Waals surface area contributed by atoms with Crippen molar-refractivity contribution in [2.24, 2.45) is 0 Å². The number of carbonyl (C=O) groups is 1. The predicted octanol–water partition coefficient (Wildman–Crippen LogP) is 0.638. The van der Waals surface area contributed by atoms with Gasteiger partial charge in [-0.05, 0) is 32.2 Å². The van der Waals surface area contributed by atoms with Crippen LogP contribution < -0.4 is 5.32 Å². The summed E-state index contributed by atoms with van der Waals surface area (Å²) in [7, 11) is 0. The molecule has 1 N–H and O–H groups in total. The van der Waals surface area contributed by atoms with Crippen molar-refractivity contribution in [3.05, 3.63) is 0 Å². The topological polar surface area (TPSA) is 35.6 Å². The van der Waals surface area contributed by atoms with Crippen LogP contribution in [0.1, 0.15) is 25.7 Å². The van der Waals surface area contributed by atoms with Gasteiger partial charge in [0.2, 0.25) is 0 Å². The average molecular weight is 209 g/mol. The molecule has 3 fully saturated rings. The summed E-state index contributed by atoms with van der Waals surface area (Å²) in [5, 5.41) is 3.38. The number of nitrogens with one attached hydrogen (secondary N) is 1. The molecule has 1 aliphatic carbocycles. The fourth-order valence-corrected chi connectivity index (χ4v) is 2.73. The molecule has 0 radical (unpaired) electrons. The van der Waals surface area contributed by atoms with Gasteiger partial charge in [-0.1, -0.05) is 0 Å². The first-order valence-electron chi connectivity index (χ1n) is 6.14. The summed E-state index contributed by atoms with van der Waals surface area (Å²) >= 11 is 0. The third-order valence-corrected chi connectivity index (χ3v) is 3.77. The largest absolute Gasteiger partial charge is 0.320 e. The molecular formula is C11H19N3O. The van der Waals surface area contributed by atoms with Gasteiger partial charge in [-0.25, -0.2) is 4.79 Å². The van der Waals surface area contributed by atoms with Gasteiger partial charge in [-0.3, -0.25) is 0 Å². The highest BCUT2D eigenvalue weighted by Gasteiger charge is 2.41. The molecule has 84 valence electrons. The number of rotatable bonds is 2. The Kier molecular flexibility index (Phi) is 2.31. The summed E-state index contributed by atoms with van der Waals surface area (Å²) in [4.78, 5) is 16.3. The van der Waals surface area contributed by atoms with Gasteiger partial charge < -0.3 is 15.1 Å². The van der Waals surface area contributed by atoms with Crippen LogP contribution in [0.4, 0.5) is 4.79 Å². The number of amides is 2. The fraction of sp³-hybridized carbons (Fsp3) is 0.909. The van der Waals surface area contributed by atoms with Crippen molar-refractivity contribution in [2.45, 2.75) is 37.8 Å². The van der Waals surface area contributed by atoms with Gasteiger partial charge in [-0.2, -0.15) is 0 Å². The number of urea groups is 1. The van der Waals surface area contributed by atoms with E-state index in [1.165, 1.54) is 25.7 Å². The first kappa shape index (κ1) is 9.46. The Morgan fingerprint density at radius 3 is 2.40 bits per heavy atom. The van der Waals surface area contributed by atoms with Gasteiger partial charge in [0, 0.05) is 31.7 Å². The molecule has 0 aromatic carbocycles. The van der Waals surface area contributed by atoms with Gasteiger partial charge in [-0.15, -0.1) is 0 Å². The van der Waals surface area contributed by atoms with Crippen molar-refractivity contribution in [2.75, 3.05) is 26.2 Å². The lowest BCUT2D eigenvalue weighted by Crippen LogP contribution is -2.47. The van der Waals surface area contributed by atoms with Gasteiger partial charge >= 0.3 is 6.03 Å². The maximum Gasteiger partial charge on any atom is 0.320 e. The minimum Gasteiger partial charge on any atom is -0.320 e. The van der Waals surface area contributed by atoms with Crippen molar-refractivity contribution in [3.8, 4) is 0 Å². The predicted molar refractivity (Wildman–Crippen MR) is 57.7 cm³/mol. The summed E-state index contributed by atoms with van der Waals surface area (Å²) in [6.45, 7) is 4.01. The molecule has 15 heavy (non-hydrogen) atoms. The van der Waals surface area contributed by atoms with Crippen LogP contribution in [0.5, 0.6) is 0 Å². The van der Waals surface area contributed by atoms with Crippen LogP contribution in [-0.2, 0) is 0 Å². The third kappa shape index (κ3) is 1.71. The van der Waals surface area contributed by atoms with E-state index in [2.05, 4.69) is 15.1 Å². The molecule has 0 bridgehead atoms. The van der Waals surface area contributed by atoms with Crippen LogP contribution in [0.25, 0.3) is 0 Å². The quantitative estimate of drug-likeness (QED) is 0.724. The molecule has 3 rings (SSSR count). The van der Waals surface area contributed by atoms with Crippen LogP contribution in [0, 0.1) is 0 Å². The highest BCUT2D eigenvalue weighted by molar-refractivity contribution is 5.77. The second-order valence-electron chi connectivity index (χ2n) is 4.90. The van der Waals surface area contributed by atoms with Crippen molar-refractivity contribution in [3.63, 3.8) is 0 Å². The molecule has 1 saturated carbocycles. The van der Waals surface area contributed by atoms with Crippen LogP contribution in [0.2, 0.25) is 0 Å². The lowest BCUT2D eigenvalue weighted by Gasteiger charge is -2.31. The first-order valence-corrected chi connectivity index (χ1v) is 6.14. The summed E-state index contributed by atoms with van der Waals surface area (Å²) < 4.78 is 0. The number of nitrogens with zero attached hydrogens (tertiary/aromatic N) is 2. The Balaban J connectivity index is 1.64. The van der Waals surface area contributed by atoms with E-state index in [0.29, 0.717) is 18.1 Å². The zero-order chi connectivity index (χ0) is 10.3. The molecule has 0 aromatic heterocycles. The van der Waals surface area contributed by atoms with Gasteiger partial charge in [0.15, 0.2) is 0 Å². The Hall–Kier alpha value is -0.770.